The van der Waals surface area contributed by atoms with Crippen LogP contribution < -0.4 is 9.62 Å². The van der Waals surface area contributed by atoms with E-state index >= 15 is 0 Å². The molecular weight excluding hydrogens is 420 g/mol. The summed E-state index contributed by atoms with van der Waals surface area (Å²) in [6, 6.07) is 17.8. The number of furan rings is 1. The van der Waals surface area contributed by atoms with Crippen molar-refractivity contribution in [1.29, 1.82) is 0 Å². The highest BCUT2D eigenvalue weighted by Gasteiger charge is 2.21. The molecule has 0 saturated carbocycles. The number of carbonyl (C=O) groups is 2. The van der Waals surface area contributed by atoms with Crippen LogP contribution in [0, 0.1) is 0 Å². The van der Waals surface area contributed by atoms with Crippen molar-refractivity contribution in [3.63, 3.8) is 0 Å². The fraction of sp³-hybridized carbons (Fsp3) is 0.0909. The zero-order valence-corrected chi connectivity index (χ0v) is 17.4. The molecule has 8 nitrogen and oxygen atoms in total. The van der Waals surface area contributed by atoms with Crippen molar-refractivity contribution in [2.75, 3.05) is 23.3 Å². The van der Waals surface area contributed by atoms with E-state index in [1.807, 2.05) is 0 Å². The Morgan fingerprint density at radius 2 is 1.84 bits per heavy atom. The van der Waals surface area contributed by atoms with Crippen molar-refractivity contribution in [1.82, 2.24) is 0 Å². The number of benzene rings is 2. The third-order valence-corrected chi connectivity index (χ3v) is 5.95. The second-order valence-electron chi connectivity index (χ2n) is 6.34. The van der Waals surface area contributed by atoms with E-state index < -0.39 is 28.5 Å². The van der Waals surface area contributed by atoms with Crippen LogP contribution in [0.2, 0.25) is 0 Å². The summed E-state index contributed by atoms with van der Waals surface area (Å²) in [6.45, 7) is -0.526. The molecule has 3 aromatic rings. The van der Waals surface area contributed by atoms with Gasteiger partial charge < -0.3 is 14.5 Å². The molecule has 0 unspecified atom stereocenters. The van der Waals surface area contributed by atoms with Gasteiger partial charge in [0.1, 0.15) is 5.76 Å². The van der Waals surface area contributed by atoms with Crippen molar-refractivity contribution in [2.24, 2.45) is 0 Å². The molecule has 0 aliphatic heterocycles. The maximum Gasteiger partial charge on any atom is 0.331 e. The average Bonchev–Trinajstić information content (AvgIpc) is 3.30. The highest BCUT2D eigenvalue weighted by Crippen LogP contribution is 2.23. The third-order valence-electron chi connectivity index (χ3n) is 4.17. The number of nitrogens with zero attached hydrogens (tertiary/aromatic N) is 1. The number of hydrogen-bond donors (Lipinski definition) is 1. The molecule has 1 N–H and O–H groups in total. The molecule has 0 bridgehead atoms. The van der Waals surface area contributed by atoms with Crippen molar-refractivity contribution < 1.29 is 27.2 Å². The molecule has 9 heteroatoms. The van der Waals surface area contributed by atoms with Crippen molar-refractivity contribution in [2.45, 2.75) is 4.90 Å². The van der Waals surface area contributed by atoms with Gasteiger partial charge in [-0.3, -0.25) is 9.10 Å². The summed E-state index contributed by atoms with van der Waals surface area (Å²) < 4.78 is 36.8. The fourth-order valence-corrected chi connectivity index (χ4v) is 3.83. The molecular formula is C22H20N2O6S. The van der Waals surface area contributed by atoms with E-state index in [-0.39, 0.29) is 10.6 Å². The molecule has 0 radical (unpaired) electrons. The van der Waals surface area contributed by atoms with Gasteiger partial charge >= 0.3 is 5.97 Å². The highest BCUT2D eigenvalue weighted by atomic mass is 32.2. The Bertz CT molecular complexity index is 1170. The predicted molar refractivity (Wildman–Crippen MR) is 116 cm³/mol. The molecule has 160 valence electrons. The van der Waals surface area contributed by atoms with Crippen molar-refractivity contribution >= 4 is 39.4 Å². The SMILES string of the molecule is CN(c1ccccc1)S(=O)(=O)c1cccc(NC(=O)COC(=O)/C=C/c2ccco2)c1. The molecule has 0 aliphatic rings. The van der Waals surface area contributed by atoms with Crippen LogP contribution in [-0.2, 0) is 24.3 Å². The monoisotopic (exact) mass is 440 g/mol. The molecule has 2 aromatic carbocycles. The first kappa shape index (κ1) is 21.8. The summed E-state index contributed by atoms with van der Waals surface area (Å²) in [6.07, 6.45) is 4.01. The lowest BCUT2D eigenvalue weighted by atomic mass is 10.3. The zero-order valence-electron chi connectivity index (χ0n) is 16.6. The van der Waals surface area contributed by atoms with E-state index in [4.69, 9.17) is 9.15 Å². The normalized spacial score (nSPS) is 11.3. The number of sulfonamides is 1. The van der Waals surface area contributed by atoms with Gasteiger partial charge in [0.05, 0.1) is 16.8 Å². The Kier molecular flexibility index (Phi) is 6.88. The maximum atomic E-state index is 12.9. The van der Waals surface area contributed by atoms with Crippen LogP contribution in [0.25, 0.3) is 6.08 Å². The number of anilines is 2. The van der Waals surface area contributed by atoms with Gasteiger partial charge in [0, 0.05) is 18.8 Å². The topological polar surface area (TPSA) is 106 Å². The van der Waals surface area contributed by atoms with E-state index in [2.05, 4.69) is 5.32 Å². The summed E-state index contributed by atoms with van der Waals surface area (Å²) in [7, 11) is -2.38. The van der Waals surface area contributed by atoms with E-state index in [1.165, 1.54) is 43.7 Å². The Hall–Kier alpha value is -3.85. The third kappa shape index (κ3) is 5.83. The first-order chi connectivity index (χ1) is 14.9. The lowest BCUT2D eigenvalue weighted by Gasteiger charge is -2.19. The first-order valence-corrected chi connectivity index (χ1v) is 10.6. The predicted octanol–water partition coefficient (Wildman–Crippen LogP) is 3.30. The lowest BCUT2D eigenvalue weighted by molar-refractivity contribution is -0.142. The Balaban J connectivity index is 1.61. The van der Waals surface area contributed by atoms with Crippen LogP contribution in [0.4, 0.5) is 11.4 Å². The molecule has 0 fully saturated rings. The number of amides is 1. The molecule has 0 aliphatic carbocycles. The zero-order chi connectivity index (χ0) is 22.3. The van der Waals surface area contributed by atoms with Gasteiger partial charge in [0.25, 0.3) is 15.9 Å². The van der Waals surface area contributed by atoms with Crippen LogP contribution in [0.15, 0.2) is 88.4 Å². The van der Waals surface area contributed by atoms with E-state index in [0.29, 0.717) is 11.4 Å². The van der Waals surface area contributed by atoms with Crippen LogP contribution in [0.5, 0.6) is 0 Å². The fourth-order valence-electron chi connectivity index (χ4n) is 2.59. The number of rotatable bonds is 8. The van der Waals surface area contributed by atoms with Gasteiger partial charge in [-0.15, -0.1) is 0 Å². The molecule has 1 aromatic heterocycles. The van der Waals surface area contributed by atoms with Crippen LogP contribution in [0.3, 0.4) is 0 Å². The minimum atomic E-state index is -3.83. The van der Waals surface area contributed by atoms with Gasteiger partial charge in [0.15, 0.2) is 6.61 Å². The van der Waals surface area contributed by atoms with Crippen LogP contribution in [0.1, 0.15) is 5.76 Å². The Labute approximate surface area is 179 Å². The summed E-state index contributed by atoms with van der Waals surface area (Å²) in [4.78, 5) is 23.8. The number of hydrogen-bond acceptors (Lipinski definition) is 6. The quantitative estimate of drug-likeness (QED) is 0.426. The second kappa shape index (κ2) is 9.77. The molecule has 0 saturated heterocycles. The largest absolute Gasteiger partial charge is 0.465 e. The van der Waals surface area contributed by atoms with Crippen LogP contribution in [-0.4, -0.2) is 33.9 Å². The number of carbonyl (C=O) groups excluding carboxylic acids is 2. The highest BCUT2D eigenvalue weighted by molar-refractivity contribution is 7.92. The summed E-state index contributed by atoms with van der Waals surface area (Å²) in [5.74, 6) is -0.849. The first-order valence-electron chi connectivity index (χ1n) is 9.18. The maximum absolute atomic E-state index is 12.9. The van der Waals surface area contributed by atoms with E-state index in [9.17, 15) is 18.0 Å². The van der Waals surface area contributed by atoms with Crippen molar-refractivity contribution in [3.8, 4) is 0 Å². The average molecular weight is 440 g/mol. The molecule has 31 heavy (non-hydrogen) atoms. The van der Waals surface area contributed by atoms with E-state index in [0.717, 1.165) is 10.4 Å². The number of esters is 1. The molecule has 3 rings (SSSR count). The molecule has 0 atom stereocenters. The number of nitrogens with one attached hydrogen (secondary N) is 1. The minimum absolute atomic E-state index is 0.00929. The summed E-state index contributed by atoms with van der Waals surface area (Å²) >= 11 is 0. The molecule has 1 heterocycles. The lowest BCUT2D eigenvalue weighted by Crippen LogP contribution is -2.26. The smallest absolute Gasteiger partial charge is 0.331 e. The van der Waals surface area contributed by atoms with Crippen LogP contribution >= 0.6 is 0 Å². The minimum Gasteiger partial charge on any atom is -0.465 e. The Morgan fingerprint density at radius 1 is 1.06 bits per heavy atom. The van der Waals surface area contributed by atoms with Crippen molar-refractivity contribution in [3.05, 3.63) is 84.8 Å². The molecule has 1 amide bonds. The summed E-state index contributed by atoms with van der Waals surface area (Å²) in [5, 5.41) is 2.52. The van der Waals surface area contributed by atoms with Gasteiger partial charge in [-0.25, -0.2) is 13.2 Å². The summed E-state index contributed by atoms with van der Waals surface area (Å²) in [5.41, 5.74) is 0.765. The Morgan fingerprint density at radius 3 is 2.55 bits per heavy atom. The number of ether oxygens (including phenoxy) is 1. The standard InChI is InChI=1S/C22H20N2O6S/c1-24(18-8-3-2-4-9-18)31(27,28)20-11-5-7-17(15-20)23-21(25)16-30-22(26)13-12-19-10-6-14-29-19/h2-15H,16H2,1H3,(H,23,25)/b13-12+. The van der Waals surface area contributed by atoms with Gasteiger partial charge in [-0.1, -0.05) is 24.3 Å². The second-order valence-corrected chi connectivity index (χ2v) is 8.31. The van der Waals surface area contributed by atoms with Gasteiger partial charge in [0.2, 0.25) is 0 Å². The van der Waals surface area contributed by atoms with E-state index in [1.54, 1.807) is 42.5 Å². The van der Waals surface area contributed by atoms with Gasteiger partial charge in [-0.2, -0.15) is 0 Å². The molecule has 0 spiro atoms. The number of para-hydroxylation sites is 1. The van der Waals surface area contributed by atoms with Gasteiger partial charge in [-0.05, 0) is 48.5 Å².